The second kappa shape index (κ2) is 9.58. The molecule has 0 aliphatic carbocycles. The van der Waals surface area contributed by atoms with Crippen molar-refractivity contribution in [1.29, 1.82) is 0 Å². The van der Waals surface area contributed by atoms with Crippen molar-refractivity contribution in [3.63, 3.8) is 0 Å². The van der Waals surface area contributed by atoms with Gasteiger partial charge in [-0.1, -0.05) is 6.07 Å². The third-order valence-electron chi connectivity index (χ3n) is 4.83. The van der Waals surface area contributed by atoms with E-state index in [1.165, 1.54) is 0 Å². The Morgan fingerprint density at radius 1 is 0.939 bits per heavy atom. The predicted octanol–water partition coefficient (Wildman–Crippen LogP) is 4.65. The number of oxazole rings is 1. The van der Waals surface area contributed by atoms with E-state index in [0.29, 0.717) is 45.5 Å². The van der Waals surface area contributed by atoms with Crippen LogP contribution in [0.3, 0.4) is 0 Å². The molecule has 2 N–H and O–H groups in total. The molecular formula is C24H21N3O5S. The Bertz CT molecular complexity index is 1330. The molecule has 1 aromatic heterocycles. The van der Waals surface area contributed by atoms with Crippen LogP contribution in [0.15, 0.2) is 65.1 Å². The molecule has 8 nitrogen and oxygen atoms in total. The number of amides is 1. The van der Waals surface area contributed by atoms with Gasteiger partial charge in [0.05, 0.1) is 21.3 Å². The van der Waals surface area contributed by atoms with Gasteiger partial charge >= 0.3 is 0 Å². The first-order valence-corrected chi connectivity index (χ1v) is 10.3. The molecular weight excluding hydrogens is 442 g/mol. The van der Waals surface area contributed by atoms with E-state index in [2.05, 4.69) is 15.6 Å². The maximum Gasteiger partial charge on any atom is 0.257 e. The second-order valence-corrected chi connectivity index (χ2v) is 7.32. The lowest BCUT2D eigenvalue weighted by atomic mass is 10.2. The van der Waals surface area contributed by atoms with Gasteiger partial charge in [0.1, 0.15) is 11.3 Å². The highest BCUT2D eigenvalue weighted by Gasteiger charge is 2.13. The third kappa shape index (κ3) is 4.88. The number of ether oxygens (including phenoxy) is 3. The molecule has 9 heteroatoms. The summed E-state index contributed by atoms with van der Waals surface area (Å²) in [6, 6.07) is 17.6. The molecule has 0 bridgehead atoms. The Balaban J connectivity index is 1.49. The van der Waals surface area contributed by atoms with Crippen molar-refractivity contribution >= 4 is 40.0 Å². The molecule has 0 fully saturated rings. The van der Waals surface area contributed by atoms with Gasteiger partial charge in [0.25, 0.3) is 5.91 Å². The number of methoxy groups -OCH3 is 3. The summed E-state index contributed by atoms with van der Waals surface area (Å²) in [7, 11) is 4.69. The third-order valence-corrected chi connectivity index (χ3v) is 5.04. The van der Waals surface area contributed by atoms with Crippen LogP contribution in [0.25, 0.3) is 22.6 Å². The molecule has 1 amide bonds. The van der Waals surface area contributed by atoms with Crippen LogP contribution in [0.1, 0.15) is 10.4 Å². The first-order chi connectivity index (χ1) is 16.0. The number of carbonyl (C=O) groups is 1. The van der Waals surface area contributed by atoms with Gasteiger partial charge in [-0.25, -0.2) is 4.98 Å². The number of carbonyl (C=O) groups excluding carboxylic acids is 1. The van der Waals surface area contributed by atoms with Crippen molar-refractivity contribution in [2.24, 2.45) is 0 Å². The zero-order valence-corrected chi connectivity index (χ0v) is 19.0. The van der Waals surface area contributed by atoms with Gasteiger partial charge in [0, 0.05) is 16.8 Å². The number of anilines is 1. The van der Waals surface area contributed by atoms with Gasteiger partial charge in [0.15, 0.2) is 22.2 Å². The Kier molecular flexibility index (Phi) is 6.41. The maximum atomic E-state index is 12.4. The van der Waals surface area contributed by atoms with Gasteiger partial charge in [-0.3, -0.25) is 10.1 Å². The van der Waals surface area contributed by atoms with Crippen LogP contribution in [0, 0.1) is 0 Å². The van der Waals surface area contributed by atoms with Crippen molar-refractivity contribution < 1.29 is 23.4 Å². The average molecular weight is 464 g/mol. The summed E-state index contributed by atoms with van der Waals surface area (Å²) < 4.78 is 21.7. The molecule has 0 radical (unpaired) electrons. The van der Waals surface area contributed by atoms with Crippen molar-refractivity contribution in [1.82, 2.24) is 10.3 Å². The molecule has 3 aromatic carbocycles. The zero-order chi connectivity index (χ0) is 23.4. The fourth-order valence-corrected chi connectivity index (χ4v) is 3.41. The maximum absolute atomic E-state index is 12.4. The van der Waals surface area contributed by atoms with Crippen LogP contribution in [0.5, 0.6) is 17.2 Å². The zero-order valence-electron chi connectivity index (χ0n) is 18.2. The standard InChI is InChI=1S/C24H21N3O5S/c1-29-17-6-4-5-14(11-17)22(28)27-24(33)25-16-8-10-19-18(13-16)26-23(32-19)15-7-9-20(30-2)21(12-15)31-3/h4-13H,1-3H3,(H2,25,27,28,33). The summed E-state index contributed by atoms with van der Waals surface area (Å²) in [6.07, 6.45) is 0. The molecule has 0 spiro atoms. The summed E-state index contributed by atoms with van der Waals surface area (Å²) in [5.74, 6) is 1.88. The van der Waals surface area contributed by atoms with Gasteiger partial charge in [0.2, 0.25) is 5.89 Å². The minimum atomic E-state index is -0.343. The van der Waals surface area contributed by atoms with Crippen molar-refractivity contribution in [3.05, 3.63) is 66.2 Å². The molecule has 0 aliphatic rings. The smallest absolute Gasteiger partial charge is 0.257 e. The minimum absolute atomic E-state index is 0.158. The van der Waals surface area contributed by atoms with Crippen LogP contribution >= 0.6 is 12.2 Å². The molecule has 0 unspecified atom stereocenters. The highest BCUT2D eigenvalue weighted by Crippen LogP contribution is 2.33. The molecule has 0 aliphatic heterocycles. The Morgan fingerprint density at radius 3 is 2.52 bits per heavy atom. The first-order valence-electron chi connectivity index (χ1n) is 9.90. The van der Waals surface area contributed by atoms with E-state index in [9.17, 15) is 4.79 Å². The monoisotopic (exact) mass is 463 g/mol. The topological polar surface area (TPSA) is 94.9 Å². The molecule has 33 heavy (non-hydrogen) atoms. The van der Waals surface area contributed by atoms with Crippen LogP contribution in [0.2, 0.25) is 0 Å². The van der Waals surface area contributed by atoms with E-state index < -0.39 is 0 Å². The highest BCUT2D eigenvalue weighted by atomic mass is 32.1. The number of hydrogen-bond acceptors (Lipinski definition) is 7. The van der Waals surface area contributed by atoms with Crippen molar-refractivity contribution in [2.45, 2.75) is 0 Å². The van der Waals surface area contributed by atoms with Crippen LogP contribution < -0.4 is 24.8 Å². The normalized spacial score (nSPS) is 10.5. The van der Waals surface area contributed by atoms with Gasteiger partial charge in [-0.2, -0.15) is 0 Å². The van der Waals surface area contributed by atoms with E-state index in [0.717, 1.165) is 5.56 Å². The average Bonchev–Trinajstić information content (AvgIpc) is 3.27. The van der Waals surface area contributed by atoms with Gasteiger partial charge in [-0.15, -0.1) is 0 Å². The summed E-state index contributed by atoms with van der Waals surface area (Å²) in [4.78, 5) is 17.0. The van der Waals surface area contributed by atoms with E-state index in [1.54, 1.807) is 75.9 Å². The fraction of sp³-hybridized carbons (Fsp3) is 0.125. The van der Waals surface area contributed by atoms with E-state index >= 15 is 0 Å². The minimum Gasteiger partial charge on any atom is -0.497 e. The number of thiocarbonyl (C=S) groups is 1. The Labute approximate surface area is 195 Å². The molecule has 4 rings (SSSR count). The molecule has 4 aromatic rings. The lowest BCUT2D eigenvalue weighted by Crippen LogP contribution is -2.34. The number of fused-ring (bicyclic) bond motifs is 1. The summed E-state index contributed by atoms with van der Waals surface area (Å²) in [6.45, 7) is 0. The lowest BCUT2D eigenvalue weighted by molar-refractivity contribution is 0.0977. The molecule has 0 atom stereocenters. The molecule has 168 valence electrons. The van der Waals surface area contributed by atoms with Gasteiger partial charge < -0.3 is 23.9 Å². The largest absolute Gasteiger partial charge is 0.497 e. The number of hydrogen-bond donors (Lipinski definition) is 2. The molecule has 1 heterocycles. The number of benzene rings is 3. The number of aromatic nitrogens is 1. The first kappa shape index (κ1) is 22.1. The van der Waals surface area contributed by atoms with Crippen LogP contribution in [-0.2, 0) is 0 Å². The number of nitrogens with zero attached hydrogens (tertiary/aromatic N) is 1. The fourth-order valence-electron chi connectivity index (χ4n) is 3.20. The summed E-state index contributed by atoms with van der Waals surface area (Å²) in [5, 5.41) is 5.81. The molecule has 0 saturated heterocycles. The second-order valence-electron chi connectivity index (χ2n) is 6.91. The van der Waals surface area contributed by atoms with Gasteiger partial charge in [-0.05, 0) is 66.8 Å². The van der Waals surface area contributed by atoms with Crippen LogP contribution in [0.4, 0.5) is 5.69 Å². The quantitative estimate of drug-likeness (QED) is 0.399. The SMILES string of the molecule is COc1cccc(C(=O)NC(=S)Nc2ccc3oc(-c4ccc(OC)c(OC)c4)nc3c2)c1. The van der Waals surface area contributed by atoms with E-state index in [-0.39, 0.29) is 11.0 Å². The summed E-state index contributed by atoms with van der Waals surface area (Å²) in [5.41, 5.74) is 3.08. The Hall–Kier alpha value is -4.11. The highest BCUT2D eigenvalue weighted by molar-refractivity contribution is 7.80. The number of rotatable bonds is 6. The van der Waals surface area contributed by atoms with E-state index in [4.69, 9.17) is 30.8 Å². The Morgan fingerprint density at radius 2 is 1.76 bits per heavy atom. The predicted molar refractivity (Wildman–Crippen MR) is 129 cm³/mol. The summed E-state index contributed by atoms with van der Waals surface area (Å²) >= 11 is 5.29. The van der Waals surface area contributed by atoms with E-state index in [1.807, 2.05) is 6.07 Å². The lowest BCUT2D eigenvalue weighted by Gasteiger charge is -2.10. The van der Waals surface area contributed by atoms with Crippen LogP contribution in [-0.4, -0.2) is 37.3 Å². The van der Waals surface area contributed by atoms with Crippen molar-refractivity contribution in [3.8, 4) is 28.7 Å². The number of nitrogens with one attached hydrogen (secondary N) is 2. The van der Waals surface area contributed by atoms with Crippen molar-refractivity contribution in [2.75, 3.05) is 26.6 Å². The molecule has 0 saturated carbocycles.